The van der Waals surface area contributed by atoms with Gasteiger partial charge in [-0.1, -0.05) is 48.5 Å². The number of benzene rings is 2. The van der Waals surface area contributed by atoms with E-state index >= 15 is 0 Å². The van der Waals surface area contributed by atoms with E-state index in [1.54, 1.807) is 49.4 Å². The van der Waals surface area contributed by atoms with Crippen LogP contribution in [0.4, 0.5) is 19.0 Å². The molecule has 0 aliphatic carbocycles. The predicted molar refractivity (Wildman–Crippen MR) is 114 cm³/mol. The van der Waals surface area contributed by atoms with Crippen molar-refractivity contribution in [2.75, 3.05) is 11.9 Å². The molecule has 3 unspecified atom stereocenters. The summed E-state index contributed by atoms with van der Waals surface area (Å²) in [6.45, 7) is 1.98. The van der Waals surface area contributed by atoms with Crippen LogP contribution < -0.4 is 15.4 Å². The first kappa shape index (κ1) is 21.7. The number of anilines is 1. The SMILES string of the molecule is CC(CNC(=O)c1cnn2c1NC(c1ccccc1)CC2C(F)(F)F)Oc1ccccc1. The molecule has 1 aromatic heterocycles. The molecule has 168 valence electrons. The van der Waals surface area contributed by atoms with Crippen LogP contribution in [0.25, 0.3) is 0 Å². The number of halogens is 3. The van der Waals surface area contributed by atoms with E-state index in [9.17, 15) is 18.0 Å². The molecule has 0 fully saturated rings. The molecular weight excluding hydrogens is 421 g/mol. The summed E-state index contributed by atoms with van der Waals surface area (Å²) in [6, 6.07) is 15.6. The maximum absolute atomic E-state index is 13.8. The standard InChI is InChI=1S/C23H23F3N4O2/c1-15(32-17-10-6-3-7-11-17)13-27-22(31)18-14-28-30-20(23(24,25)26)12-19(29-21(18)30)16-8-4-2-5-9-16/h2-11,14-15,19-20,29H,12-13H2,1H3,(H,27,31). The van der Waals surface area contributed by atoms with Crippen LogP contribution in [0.3, 0.4) is 0 Å². The number of carbonyl (C=O) groups excluding carboxylic acids is 1. The van der Waals surface area contributed by atoms with Gasteiger partial charge in [-0.3, -0.25) is 4.79 Å². The summed E-state index contributed by atoms with van der Waals surface area (Å²) >= 11 is 0. The number of para-hydroxylation sites is 1. The lowest BCUT2D eigenvalue weighted by Gasteiger charge is -2.34. The number of amides is 1. The summed E-state index contributed by atoms with van der Waals surface area (Å²) in [6.07, 6.45) is -3.87. The zero-order chi connectivity index (χ0) is 22.7. The Labute approximate surface area is 183 Å². The zero-order valence-electron chi connectivity index (χ0n) is 17.3. The summed E-state index contributed by atoms with van der Waals surface area (Å²) in [7, 11) is 0. The van der Waals surface area contributed by atoms with Crippen LogP contribution >= 0.6 is 0 Å². The number of hydrogen-bond donors (Lipinski definition) is 2. The first-order chi connectivity index (χ1) is 15.3. The molecule has 1 amide bonds. The first-order valence-corrected chi connectivity index (χ1v) is 10.3. The second-order valence-corrected chi connectivity index (χ2v) is 7.70. The summed E-state index contributed by atoms with van der Waals surface area (Å²) < 4.78 is 47.9. The fourth-order valence-corrected chi connectivity index (χ4v) is 3.74. The molecule has 0 saturated heterocycles. The van der Waals surface area contributed by atoms with Crippen LogP contribution in [-0.4, -0.2) is 34.5 Å². The Morgan fingerprint density at radius 1 is 1.19 bits per heavy atom. The number of hydrogen-bond acceptors (Lipinski definition) is 4. The number of nitrogens with one attached hydrogen (secondary N) is 2. The minimum Gasteiger partial charge on any atom is -0.489 e. The number of alkyl halides is 3. The molecule has 1 aliphatic heterocycles. The van der Waals surface area contributed by atoms with Crippen LogP contribution in [0, 0.1) is 0 Å². The average molecular weight is 444 g/mol. The van der Waals surface area contributed by atoms with Crippen molar-refractivity contribution in [2.45, 2.75) is 37.7 Å². The number of ether oxygens (including phenoxy) is 1. The summed E-state index contributed by atoms with van der Waals surface area (Å²) in [5.74, 6) is 0.205. The van der Waals surface area contributed by atoms with Crippen molar-refractivity contribution in [1.29, 1.82) is 0 Å². The zero-order valence-corrected chi connectivity index (χ0v) is 17.3. The molecule has 0 radical (unpaired) electrons. The van der Waals surface area contributed by atoms with Crippen molar-refractivity contribution in [1.82, 2.24) is 15.1 Å². The molecule has 2 heterocycles. The Morgan fingerprint density at radius 2 is 1.84 bits per heavy atom. The van der Waals surface area contributed by atoms with Crippen LogP contribution in [0.15, 0.2) is 66.9 Å². The lowest BCUT2D eigenvalue weighted by molar-refractivity contribution is -0.173. The number of fused-ring (bicyclic) bond motifs is 1. The Kier molecular flexibility index (Phi) is 6.07. The van der Waals surface area contributed by atoms with E-state index in [-0.39, 0.29) is 30.5 Å². The van der Waals surface area contributed by atoms with E-state index in [2.05, 4.69) is 15.7 Å². The largest absolute Gasteiger partial charge is 0.489 e. The number of carbonyl (C=O) groups is 1. The molecule has 2 N–H and O–H groups in total. The summed E-state index contributed by atoms with van der Waals surface area (Å²) in [5, 5.41) is 9.70. The van der Waals surface area contributed by atoms with Crippen LogP contribution in [0.5, 0.6) is 5.75 Å². The van der Waals surface area contributed by atoms with Crippen molar-refractivity contribution < 1.29 is 22.7 Å². The van der Waals surface area contributed by atoms with Crippen molar-refractivity contribution in [3.05, 3.63) is 78.0 Å². The van der Waals surface area contributed by atoms with E-state index < -0.39 is 24.2 Å². The molecule has 9 heteroatoms. The topological polar surface area (TPSA) is 68.2 Å². The maximum Gasteiger partial charge on any atom is 0.410 e. The van der Waals surface area contributed by atoms with Gasteiger partial charge in [-0.15, -0.1) is 0 Å². The van der Waals surface area contributed by atoms with Crippen molar-refractivity contribution in [2.24, 2.45) is 0 Å². The molecule has 2 aromatic carbocycles. The fraction of sp³-hybridized carbons (Fsp3) is 0.304. The Balaban J connectivity index is 1.51. The van der Waals surface area contributed by atoms with Crippen LogP contribution in [0.2, 0.25) is 0 Å². The quantitative estimate of drug-likeness (QED) is 0.576. The third-order valence-corrected chi connectivity index (χ3v) is 5.32. The Bertz CT molecular complexity index is 1050. The molecule has 0 saturated carbocycles. The Morgan fingerprint density at radius 3 is 2.50 bits per heavy atom. The lowest BCUT2D eigenvalue weighted by Crippen LogP contribution is -2.37. The average Bonchev–Trinajstić information content (AvgIpc) is 3.21. The van der Waals surface area contributed by atoms with Gasteiger partial charge in [-0.25, -0.2) is 4.68 Å². The molecule has 1 aliphatic rings. The molecule has 4 rings (SSSR count). The van der Waals surface area contributed by atoms with Crippen molar-refractivity contribution >= 4 is 11.7 Å². The second-order valence-electron chi connectivity index (χ2n) is 7.70. The second kappa shape index (κ2) is 8.94. The number of aromatic nitrogens is 2. The van der Waals surface area contributed by atoms with Crippen LogP contribution in [-0.2, 0) is 0 Å². The molecule has 0 bridgehead atoms. The normalized spacial score (nSPS) is 18.9. The first-order valence-electron chi connectivity index (χ1n) is 10.3. The lowest BCUT2D eigenvalue weighted by atomic mass is 9.96. The van der Waals surface area contributed by atoms with Gasteiger partial charge in [0.15, 0.2) is 6.04 Å². The molecule has 6 nitrogen and oxygen atoms in total. The minimum atomic E-state index is -4.50. The third-order valence-electron chi connectivity index (χ3n) is 5.32. The van der Waals surface area contributed by atoms with Gasteiger partial charge in [-0.2, -0.15) is 18.3 Å². The molecule has 32 heavy (non-hydrogen) atoms. The third kappa shape index (κ3) is 4.71. The molecule has 3 atom stereocenters. The highest BCUT2D eigenvalue weighted by Gasteiger charge is 2.47. The summed E-state index contributed by atoms with van der Waals surface area (Å²) in [4.78, 5) is 12.8. The predicted octanol–water partition coefficient (Wildman–Crippen LogP) is 4.74. The van der Waals surface area contributed by atoms with E-state index in [1.165, 1.54) is 6.20 Å². The fourth-order valence-electron chi connectivity index (χ4n) is 3.74. The van der Waals surface area contributed by atoms with Gasteiger partial charge in [0.25, 0.3) is 5.91 Å². The van der Waals surface area contributed by atoms with Crippen molar-refractivity contribution in [3.63, 3.8) is 0 Å². The number of nitrogens with zero attached hydrogens (tertiary/aromatic N) is 2. The Hall–Kier alpha value is -3.49. The molecular formula is C23H23F3N4O2. The molecule has 0 spiro atoms. The van der Waals surface area contributed by atoms with Gasteiger partial charge in [0.05, 0.1) is 18.8 Å². The van der Waals surface area contributed by atoms with Gasteiger partial charge in [0, 0.05) is 6.42 Å². The van der Waals surface area contributed by atoms with Gasteiger partial charge in [0.2, 0.25) is 0 Å². The van der Waals surface area contributed by atoms with Crippen LogP contribution in [0.1, 0.15) is 41.3 Å². The highest BCUT2D eigenvalue weighted by atomic mass is 19.4. The highest BCUT2D eigenvalue weighted by Crippen LogP contribution is 2.44. The van der Waals surface area contributed by atoms with E-state index in [4.69, 9.17) is 4.74 Å². The minimum absolute atomic E-state index is 0.0570. The smallest absolute Gasteiger partial charge is 0.410 e. The van der Waals surface area contributed by atoms with E-state index in [0.29, 0.717) is 11.3 Å². The monoisotopic (exact) mass is 444 g/mol. The summed E-state index contributed by atoms with van der Waals surface area (Å²) in [5.41, 5.74) is 0.775. The molecule has 3 aromatic rings. The van der Waals surface area contributed by atoms with Gasteiger partial charge in [0.1, 0.15) is 23.2 Å². The van der Waals surface area contributed by atoms with E-state index in [1.807, 2.05) is 18.2 Å². The maximum atomic E-state index is 13.8. The van der Waals surface area contributed by atoms with Gasteiger partial charge >= 0.3 is 6.18 Å². The van der Waals surface area contributed by atoms with Gasteiger partial charge in [-0.05, 0) is 24.6 Å². The highest BCUT2D eigenvalue weighted by molar-refractivity contribution is 5.98. The van der Waals surface area contributed by atoms with E-state index in [0.717, 1.165) is 4.68 Å². The van der Waals surface area contributed by atoms with Crippen molar-refractivity contribution in [3.8, 4) is 5.75 Å². The number of rotatable bonds is 6. The van der Waals surface area contributed by atoms with Gasteiger partial charge < -0.3 is 15.4 Å².